The summed E-state index contributed by atoms with van der Waals surface area (Å²) in [6, 6.07) is 4.54. The third-order valence-corrected chi connectivity index (χ3v) is 3.57. The molecule has 1 aliphatic heterocycles. The van der Waals surface area contributed by atoms with Crippen molar-refractivity contribution < 1.29 is 23.4 Å². The summed E-state index contributed by atoms with van der Waals surface area (Å²) in [6.45, 7) is 0.0808. The highest BCUT2D eigenvalue weighted by Gasteiger charge is 2.42. The fraction of sp³-hybridized carbons (Fsp3) is 0.429. The molecule has 2 aromatic rings. The van der Waals surface area contributed by atoms with Crippen LogP contribution in [0.1, 0.15) is 18.4 Å². The van der Waals surface area contributed by atoms with E-state index in [4.69, 9.17) is 13.9 Å². The van der Waals surface area contributed by atoms with Crippen molar-refractivity contribution in [2.45, 2.75) is 37.8 Å². The van der Waals surface area contributed by atoms with Crippen molar-refractivity contribution in [1.29, 1.82) is 0 Å². The molecule has 0 saturated carbocycles. The number of aromatic amines is 1. The Bertz CT molecular complexity index is 753. The van der Waals surface area contributed by atoms with Gasteiger partial charge in [-0.25, -0.2) is 9.18 Å². The molecule has 0 aromatic carbocycles. The molecule has 124 valence electrons. The molecule has 2 aromatic heterocycles. The number of halogens is 1. The number of furan rings is 1. The molecule has 1 unspecified atom stereocenters. The molecular formula is C14H15FN2O6. The number of hydrogen-bond acceptors (Lipinski definition) is 6. The third-order valence-electron chi connectivity index (χ3n) is 3.57. The number of ether oxygens (including phenoxy) is 2. The molecule has 4 atom stereocenters. The molecular weight excluding hydrogens is 311 g/mol. The maximum absolute atomic E-state index is 13.4. The van der Waals surface area contributed by atoms with E-state index in [0.717, 1.165) is 10.6 Å². The normalized spacial score (nSPS) is 25.6. The average Bonchev–Trinajstić information content (AvgIpc) is 3.14. The lowest BCUT2D eigenvalue weighted by Crippen LogP contribution is -2.34. The molecule has 3 rings (SSSR count). The minimum Gasteiger partial charge on any atom is -0.467 e. The molecule has 1 saturated heterocycles. The fourth-order valence-corrected chi connectivity index (χ4v) is 2.48. The minimum absolute atomic E-state index is 0.0808. The van der Waals surface area contributed by atoms with Crippen LogP contribution in [-0.2, 0) is 16.1 Å². The molecule has 2 N–H and O–H groups in total. The summed E-state index contributed by atoms with van der Waals surface area (Å²) < 4.78 is 30.5. The molecule has 0 aliphatic carbocycles. The lowest BCUT2D eigenvalue weighted by molar-refractivity contribution is -0.143. The first kappa shape index (κ1) is 15.7. The standard InChI is InChI=1S/C14H15FN2O6/c15-13(19)12-9(22-7-8-2-1-5-21-8)6-11(23-12)17-4-3-10(18)16-14(17)20/h1-5,9,11-13,19H,6-7H2,(H,16,18,20)/t9-,11+,12-,13?/m0/s1. The van der Waals surface area contributed by atoms with Gasteiger partial charge in [-0.05, 0) is 12.1 Å². The molecule has 0 radical (unpaired) electrons. The number of aromatic nitrogens is 2. The quantitative estimate of drug-likeness (QED) is 0.818. The summed E-state index contributed by atoms with van der Waals surface area (Å²) in [5.74, 6) is 0.543. The topological polar surface area (TPSA) is 107 Å². The van der Waals surface area contributed by atoms with Crippen LogP contribution < -0.4 is 11.2 Å². The summed E-state index contributed by atoms with van der Waals surface area (Å²) >= 11 is 0. The Labute approximate surface area is 129 Å². The maximum Gasteiger partial charge on any atom is 0.330 e. The zero-order chi connectivity index (χ0) is 16.4. The summed E-state index contributed by atoms with van der Waals surface area (Å²) in [6.07, 6.45) is -2.26. The second-order valence-corrected chi connectivity index (χ2v) is 5.11. The van der Waals surface area contributed by atoms with Gasteiger partial charge in [-0.3, -0.25) is 14.3 Å². The number of nitrogens with one attached hydrogen (secondary N) is 1. The predicted octanol–water partition coefficient (Wildman–Crippen LogP) is 0.290. The van der Waals surface area contributed by atoms with Crippen molar-refractivity contribution in [3.8, 4) is 0 Å². The average molecular weight is 326 g/mol. The summed E-state index contributed by atoms with van der Waals surface area (Å²) in [5.41, 5.74) is -1.22. The van der Waals surface area contributed by atoms with Gasteiger partial charge in [-0.1, -0.05) is 0 Å². The SMILES string of the molecule is O=c1ccn([C@H]2C[C@H](OCc3ccco3)[C@@H](C(O)F)O2)c(=O)[nH]1. The van der Waals surface area contributed by atoms with E-state index >= 15 is 0 Å². The summed E-state index contributed by atoms with van der Waals surface area (Å²) in [7, 11) is 0. The number of rotatable bonds is 5. The minimum atomic E-state index is -2.26. The monoisotopic (exact) mass is 326 g/mol. The van der Waals surface area contributed by atoms with Gasteiger partial charge >= 0.3 is 5.69 Å². The van der Waals surface area contributed by atoms with E-state index in [1.54, 1.807) is 12.1 Å². The second-order valence-electron chi connectivity index (χ2n) is 5.11. The van der Waals surface area contributed by atoms with Gasteiger partial charge in [0.1, 0.15) is 24.7 Å². The Balaban J connectivity index is 1.75. The van der Waals surface area contributed by atoms with Crippen molar-refractivity contribution in [3.05, 3.63) is 57.3 Å². The third kappa shape index (κ3) is 3.41. The largest absolute Gasteiger partial charge is 0.467 e. The van der Waals surface area contributed by atoms with E-state index < -0.39 is 36.0 Å². The van der Waals surface area contributed by atoms with Gasteiger partial charge in [-0.15, -0.1) is 0 Å². The van der Waals surface area contributed by atoms with Crippen LogP contribution in [0.2, 0.25) is 0 Å². The fourth-order valence-electron chi connectivity index (χ4n) is 2.48. The van der Waals surface area contributed by atoms with Gasteiger partial charge in [0.15, 0.2) is 0 Å². The number of aliphatic hydroxyl groups is 1. The molecule has 0 amide bonds. The van der Waals surface area contributed by atoms with Crippen LogP contribution in [0.15, 0.2) is 44.7 Å². The molecule has 8 nitrogen and oxygen atoms in total. The van der Waals surface area contributed by atoms with Gasteiger partial charge in [0.25, 0.3) is 5.56 Å². The smallest absolute Gasteiger partial charge is 0.330 e. The van der Waals surface area contributed by atoms with Gasteiger partial charge in [0.2, 0.25) is 6.36 Å². The van der Waals surface area contributed by atoms with E-state index in [1.807, 2.05) is 0 Å². The Morgan fingerprint density at radius 3 is 2.96 bits per heavy atom. The van der Waals surface area contributed by atoms with Crippen LogP contribution in [0.3, 0.4) is 0 Å². The van der Waals surface area contributed by atoms with Crippen LogP contribution in [0.4, 0.5) is 4.39 Å². The van der Waals surface area contributed by atoms with Crippen LogP contribution in [0, 0.1) is 0 Å². The number of aliphatic hydroxyl groups excluding tert-OH is 1. The zero-order valence-electron chi connectivity index (χ0n) is 11.9. The zero-order valence-corrected chi connectivity index (χ0v) is 11.9. The van der Waals surface area contributed by atoms with Crippen molar-refractivity contribution in [1.82, 2.24) is 9.55 Å². The second kappa shape index (κ2) is 6.49. The molecule has 9 heteroatoms. The van der Waals surface area contributed by atoms with Gasteiger partial charge in [-0.2, -0.15) is 0 Å². The van der Waals surface area contributed by atoms with E-state index in [1.165, 1.54) is 12.5 Å². The Morgan fingerprint density at radius 1 is 1.48 bits per heavy atom. The van der Waals surface area contributed by atoms with Crippen LogP contribution in [0.25, 0.3) is 0 Å². The van der Waals surface area contributed by atoms with E-state index in [0.29, 0.717) is 5.76 Å². The molecule has 1 fully saturated rings. The van der Waals surface area contributed by atoms with Crippen molar-refractivity contribution in [2.75, 3.05) is 0 Å². The van der Waals surface area contributed by atoms with E-state index in [-0.39, 0.29) is 13.0 Å². The Kier molecular flexibility index (Phi) is 4.42. The maximum atomic E-state index is 13.4. The lowest BCUT2D eigenvalue weighted by Gasteiger charge is -2.18. The first-order chi connectivity index (χ1) is 11.0. The van der Waals surface area contributed by atoms with Crippen LogP contribution >= 0.6 is 0 Å². The number of nitrogens with zero attached hydrogens (tertiary/aromatic N) is 1. The molecule has 1 aliphatic rings. The molecule has 23 heavy (non-hydrogen) atoms. The highest BCUT2D eigenvalue weighted by Crippen LogP contribution is 2.32. The Morgan fingerprint density at radius 2 is 2.30 bits per heavy atom. The first-order valence-corrected chi connectivity index (χ1v) is 6.97. The van der Waals surface area contributed by atoms with Crippen molar-refractivity contribution in [2.24, 2.45) is 0 Å². The molecule has 0 spiro atoms. The summed E-state index contributed by atoms with van der Waals surface area (Å²) in [4.78, 5) is 24.9. The number of H-pyrrole nitrogens is 1. The highest BCUT2D eigenvalue weighted by atomic mass is 19.1. The number of alkyl halides is 1. The predicted molar refractivity (Wildman–Crippen MR) is 74.2 cm³/mol. The Hall–Kier alpha value is -2.23. The van der Waals surface area contributed by atoms with Crippen LogP contribution in [0.5, 0.6) is 0 Å². The summed E-state index contributed by atoms with van der Waals surface area (Å²) in [5, 5.41) is 9.22. The molecule has 0 bridgehead atoms. The number of hydrogen-bond donors (Lipinski definition) is 2. The van der Waals surface area contributed by atoms with Crippen molar-refractivity contribution >= 4 is 0 Å². The first-order valence-electron chi connectivity index (χ1n) is 6.97. The highest BCUT2D eigenvalue weighted by molar-refractivity contribution is 4.97. The van der Waals surface area contributed by atoms with Gasteiger partial charge in [0.05, 0.1) is 12.4 Å². The molecule has 3 heterocycles. The van der Waals surface area contributed by atoms with Crippen LogP contribution in [-0.4, -0.2) is 33.2 Å². The van der Waals surface area contributed by atoms with E-state index in [9.17, 15) is 19.1 Å². The van der Waals surface area contributed by atoms with Gasteiger partial charge < -0.3 is 19.0 Å². The lowest BCUT2D eigenvalue weighted by atomic mass is 10.1. The van der Waals surface area contributed by atoms with Crippen molar-refractivity contribution in [3.63, 3.8) is 0 Å². The van der Waals surface area contributed by atoms with Gasteiger partial charge in [0, 0.05) is 18.7 Å². The van der Waals surface area contributed by atoms with E-state index in [2.05, 4.69) is 4.98 Å².